The molecule has 5 heteroatoms. The second kappa shape index (κ2) is 3.40. The van der Waals surface area contributed by atoms with Gasteiger partial charge in [0.15, 0.2) is 0 Å². The molecular formula is C8H7BrN2S2. The highest BCUT2D eigenvalue weighted by molar-refractivity contribution is 9.11. The summed E-state index contributed by atoms with van der Waals surface area (Å²) in [5.41, 5.74) is 6.91. The molecule has 0 bridgehead atoms. The zero-order chi connectivity index (χ0) is 9.42. The number of halogens is 1. The quantitative estimate of drug-likeness (QED) is 0.864. The third-order valence-electron chi connectivity index (χ3n) is 1.67. The van der Waals surface area contributed by atoms with E-state index in [-0.39, 0.29) is 0 Å². The molecule has 13 heavy (non-hydrogen) atoms. The fourth-order valence-corrected chi connectivity index (χ4v) is 3.35. The van der Waals surface area contributed by atoms with Gasteiger partial charge < -0.3 is 5.73 Å². The molecule has 2 heterocycles. The van der Waals surface area contributed by atoms with Crippen molar-refractivity contribution >= 4 is 44.4 Å². The largest absolute Gasteiger partial charge is 0.382 e. The molecule has 0 aliphatic carbocycles. The van der Waals surface area contributed by atoms with E-state index in [0.29, 0.717) is 5.82 Å². The summed E-state index contributed by atoms with van der Waals surface area (Å²) < 4.78 is 0.912. The van der Waals surface area contributed by atoms with E-state index in [1.54, 1.807) is 22.7 Å². The average molecular weight is 275 g/mol. The van der Waals surface area contributed by atoms with E-state index >= 15 is 0 Å². The number of rotatable bonds is 1. The van der Waals surface area contributed by atoms with Crippen LogP contribution in [0.5, 0.6) is 0 Å². The summed E-state index contributed by atoms with van der Waals surface area (Å²) in [5, 5.41) is 3.06. The Bertz CT molecular complexity index is 414. The molecule has 2 aromatic heterocycles. The van der Waals surface area contributed by atoms with Crippen molar-refractivity contribution in [3.05, 3.63) is 20.8 Å². The first-order chi connectivity index (χ1) is 6.18. The lowest BCUT2D eigenvalue weighted by atomic mass is 10.3. The van der Waals surface area contributed by atoms with Gasteiger partial charge in [0.1, 0.15) is 14.6 Å². The molecule has 2 rings (SSSR count). The van der Waals surface area contributed by atoms with Crippen LogP contribution in [0.15, 0.2) is 15.2 Å². The molecule has 0 saturated heterocycles. The molecule has 2 aromatic rings. The fraction of sp³-hybridized carbons (Fsp3) is 0.125. The summed E-state index contributed by atoms with van der Waals surface area (Å²) in [6.07, 6.45) is 0. The van der Waals surface area contributed by atoms with E-state index in [0.717, 1.165) is 8.79 Å². The number of nitrogens with zero attached hydrogens (tertiary/aromatic N) is 1. The summed E-state index contributed by atoms with van der Waals surface area (Å²) in [6.45, 7) is 2.08. The zero-order valence-electron chi connectivity index (χ0n) is 6.87. The van der Waals surface area contributed by atoms with Crippen LogP contribution in [0.2, 0.25) is 0 Å². The van der Waals surface area contributed by atoms with E-state index in [1.807, 2.05) is 0 Å². The Morgan fingerprint density at radius 3 is 2.77 bits per heavy atom. The Balaban J connectivity index is 2.53. The molecule has 0 atom stereocenters. The van der Waals surface area contributed by atoms with Crippen LogP contribution in [-0.4, -0.2) is 4.98 Å². The van der Waals surface area contributed by atoms with Gasteiger partial charge in [0.05, 0.1) is 4.88 Å². The van der Waals surface area contributed by atoms with E-state index in [2.05, 4.69) is 39.3 Å². The number of hydrogen-bond donors (Lipinski definition) is 1. The maximum atomic E-state index is 5.65. The predicted octanol–water partition coefficient (Wildman–Crippen LogP) is 3.52. The summed E-state index contributed by atoms with van der Waals surface area (Å²) in [7, 11) is 0. The second-order valence-electron chi connectivity index (χ2n) is 2.61. The van der Waals surface area contributed by atoms with Gasteiger partial charge in [-0.3, -0.25) is 0 Å². The zero-order valence-corrected chi connectivity index (χ0v) is 10.1. The highest BCUT2D eigenvalue weighted by atomic mass is 79.9. The molecule has 2 N–H and O–H groups in total. The van der Waals surface area contributed by atoms with Crippen LogP contribution >= 0.6 is 38.6 Å². The Hall–Kier alpha value is -0.390. The first-order valence-electron chi connectivity index (χ1n) is 3.64. The van der Waals surface area contributed by atoms with Gasteiger partial charge in [-0.2, -0.15) is 0 Å². The van der Waals surface area contributed by atoms with Crippen LogP contribution < -0.4 is 5.73 Å². The van der Waals surface area contributed by atoms with E-state index in [1.165, 1.54) is 10.4 Å². The van der Waals surface area contributed by atoms with E-state index < -0.39 is 0 Å². The van der Waals surface area contributed by atoms with Crippen LogP contribution in [0.3, 0.4) is 0 Å². The van der Waals surface area contributed by atoms with Gasteiger partial charge in [-0.05, 0) is 39.9 Å². The number of nitrogens with two attached hydrogens (primary N) is 1. The predicted molar refractivity (Wildman–Crippen MR) is 62.3 cm³/mol. The highest BCUT2D eigenvalue weighted by Crippen LogP contribution is 2.37. The molecule has 2 nitrogen and oxygen atoms in total. The summed E-state index contributed by atoms with van der Waals surface area (Å²) >= 11 is 6.64. The molecule has 0 amide bonds. The molecule has 0 unspecified atom stereocenters. The average Bonchev–Trinajstić information content (AvgIpc) is 2.60. The maximum Gasteiger partial charge on any atom is 0.149 e. The monoisotopic (exact) mass is 274 g/mol. The van der Waals surface area contributed by atoms with Crippen LogP contribution in [0.1, 0.15) is 5.56 Å². The Morgan fingerprint density at radius 2 is 2.31 bits per heavy atom. The molecule has 0 radical (unpaired) electrons. The van der Waals surface area contributed by atoms with Crippen molar-refractivity contribution in [2.24, 2.45) is 0 Å². The number of aryl methyl sites for hydroxylation is 1. The number of hydrogen-bond acceptors (Lipinski definition) is 4. The lowest BCUT2D eigenvalue weighted by molar-refractivity contribution is 1.41. The van der Waals surface area contributed by atoms with Gasteiger partial charge in [0, 0.05) is 0 Å². The molecule has 0 aliphatic rings. The molecule has 0 aliphatic heterocycles. The smallest absolute Gasteiger partial charge is 0.149 e. The molecule has 0 aromatic carbocycles. The van der Waals surface area contributed by atoms with Gasteiger partial charge in [-0.1, -0.05) is 0 Å². The minimum atomic E-state index is 0.577. The number of aromatic nitrogens is 1. The third kappa shape index (κ3) is 1.63. The van der Waals surface area contributed by atoms with Gasteiger partial charge in [0.2, 0.25) is 0 Å². The number of anilines is 1. The standard InChI is InChI=1S/C8H7BrN2S2/c1-4-2-3-12-5(4)8-11-7(10)6(9)13-8/h2-3H,10H2,1H3. The fourth-order valence-electron chi connectivity index (χ4n) is 1.00. The first kappa shape index (κ1) is 9.18. The van der Waals surface area contributed by atoms with Crippen LogP contribution in [-0.2, 0) is 0 Å². The van der Waals surface area contributed by atoms with Gasteiger partial charge in [-0.25, -0.2) is 4.98 Å². The molecule has 0 fully saturated rings. The number of nitrogen functional groups attached to an aromatic ring is 1. The summed E-state index contributed by atoms with van der Waals surface area (Å²) in [5.74, 6) is 0.577. The van der Waals surface area contributed by atoms with Gasteiger partial charge in [-0.15, -0.1) is 22.7 Å². The summed E-state index contributed by atoms with van der Waals surface area (Å²) in [6, 6.07) is 2.09. The minimum absolute atomic E-state index is 0.577. The normalized spacial score (nSPS) is 10.6. The lowest BCUT2D eigenvalue weighted by Gasteiger charge is -1.90. The highest BCUT2D eigenvalue weighted by Gasteiger charge is 2.10. The number of thiophene rings is 1. The van der Waals surface area contributed by atoms with Crippen LogP contribution in [0, 0.1) is 6.92 Å². The van der Waals surface area contributed by atoms with Crippen LogP contribution in [0.4, 0.5) is 5.82 Å². The van der Waals surface area contributed by atoms with Crippen LogP contribution in [0.25, 0.3) is 9.88 Å². The van der Waals surface area contributed by atoms with Gasteiger partial charge in [0.25, 0.3) is 0 Å². The van der Waals surface area contributed by atoms with Crippen molar-refractivity contribution in [1.29, 1.82) is 0 Å². The van der Waals surface area contributed by atoms with Crippen molar-refractivity contribution in [1.82, 2.24) is 4.98 Å². The Morgan fingerprint density at radius 1 is 1.54 bits per heavy atom. The molecular weight excluding hydrogens is 268 g/mol. The molecule has 0 saturated carbocycles. The Labute approximate surface area is 92.6 Å². The van der Waals surface area contributed by atoms with Crippen molar-refractivity contribution in [3.63, 3.8) is 0 Å². The van der Waals surface area contributed by atoms with E-state index in [4.69, 9.17) is 5.73 Å². The van der Waals surface area contributed by atoms with Crippen molar-refractivity contribution in [3.8, 4) is 9.88 Å². The second-order valence-corrected chi connectivity index (χ2v) is 5.84. The van der Waals surface area contributed by atoms with E-state index in [9.17, 15) is 0 Å². The maximum absolute atomic E-state index is 5.65. The topological polar surface area (TPSA) is 38.9 Å². The van der Waals surface area contributed by atoms with Crippen molar-refractivity contribution in [2.75, 3.05) is 5.73 Å². The number of thiazole rings is 1. The SMILES string of the molecule is Cc1ccsc1-c1nc(N)c(Br)s1. The van der Waals surface area contributed by atoms with Gasteiger partial charge >= 0.3 is 0 Å². The first-order valence-corrected chi connectivity index (χ1v) is 6.13. The molecule has 68 valence electrons. The van der Waals surface area contributed by atoms with Crippen molar-refractivity contribution in [2.45, 2.75) is 6.92 Å². The molecule has 0 spiro atoms. The summed E-state index contributed by atoms with van der Waals surface area (Å²) in [4.78, 5) is 5.48. The van der Waals surface area contributed by atoms with Crippen molar-refractivity contribution < 1.29 is 0 Å². The lowest BCUT2D eigenvalue weighted by Crippen LogP contribution is -1.84. The third-order valence-corrected chi connectivity index (χ3v) is 4.59. The Kier molecular flexibility index (Phi) is 2.40. The minimum Gasteiger partial charge on any atom is -0.382 e.